The highest BCUT2D eigenvalue weighted by atomic mass is 16.6. The number of aromatic nitrogens is 6. The Balaban J connectivity index is 1.95. The number of tetrazole rings is 1. The number of benzene rings is 1. The molecule has 3 aromatic rings. The van der Waals surface area contributed by atoms with Gasteiger partial charge in [0.25, 0.3) is 5.56 Å². The van der Waals surface area contributed by atoms with E-state index in [4.69, 9.17) is 4.74 Å². The lowest BCUT2D eigenvalue weighted by Crippen LogP contribution is -2.35. The molecule has 0 aliphatic heterocycles. The summed E-state index contributed by atoms with van der Waals surface area (Å²) in [6.45, 7) is 3.41. The molecule has 1 aromatic carbocycles. The van der Waals surface area contributed by atoms with Crippen LogP contribution in [0.3, 0.4) is 0 Å². The Bertz CT molecular complexity index is 1140. The van der Waals surface area contributed by atoms with Crippen LogP contribution in [-0.4, -0.2) is 43.0 Å². The molecular weight excluding hydrogens is 366 g/mol. The molecule has 0 radical (unpaired) electrons. The van der Waals surface area contributed by atoms with Crippen LogP contribution < -0.4 is 16.3 Å². The number of anilines is 1. The first-order chi connectivity index (χ1) is 13.5. The minimum absolute atomic E-state index is 0.133. The van der Waals surface area contributed by atoms with Gasteiger partial charge in [0.1, 0.15) is 17.5 Å². The molecule has 12 heteroatoms. The summed E-state index contributed by atoms with van der Waals surface area (Å²) in [5, 5.41) is 25.5. The largest absolute Gasteiger partial charge is 0.449 e. The van der Waals surface area contributed by atoms with Gasteiger partial charge in [0.15, 0.2) is 0 Å². The number of nitriles is 1. The molecule has 0 atom stereocenters. The van der Waals surface area contributed by atoms with E-state index in [1.54, 1.807) is 32.0 Å². The molecule has 28 heavy (non-hydrogen) atoms. The number of carbonyl (C=O) groups excluding carboxylic acids is 1. The predicted molar refractivity (Wildman–Crippen MR) is 98.5 cm³/mol. The second-order valence-electron chi connectivity index (χ2n) is 5.41. The molecule has 3 rings (SSSR count). The highest BCUT2D eigenvalue weighted by Gasteiger charge is 2.12. The maximum Gasteiger partial charge on any atom is 0.426 e. The number of ether oxygens (including phenoxy) is 1. The van der Waals surface area contributed by atoms with Crippen molar-refractivity contribution in [2.45, 2.75) is 13.8 Å². The number of nitrogens with one attached hydrogen (secondary N) is 3. The Kier molecular flexibility index (Phi) is 5.26. The maximum absolute atomic E-state index is 12.7. The fraction of sp³-hybridized carbons (Fsp3) is 0.188. The van der Waals surface area contributed by atoms with E-state index in [1.165, 1.54) is 6.20 Å². The van der Waals surface area contributed by atoms with Crippen molar-refractivity contribution in [1.29, 1.82) is 5.26 Å². The molecular formula is C16H15N9O3. The summed E-state index contributed by atoms with van der Waals surface area (Å²) in [5.74, 6) is 0.434. The van der Waals surface area contributed by atoms with Gasteiger partial charge in [-0.2, -0.15) is 15.2 Å². The van der Waals surface area contributed by atoms with Gasteiger partial charge >= 0.3 is 6.09 Å². The van der Waals surface area contributed by atoms with Crippen LogP contribution in [0.25, 0.3) is 16.5 Å². The molecule has 2 heterocycles. The molecule has 0 saturated heterocycles. The zero-order chi connectivity index (χ0) is 20.1. The lowest BCUT2D eigenvalue weighted by Gasteiger charge is -2.12. The standard InChI is InChI=1S/C16H15N9O3/c1-3-28-16(27)22-25-9(2)19-13-5-4-11(6-12(13)15(25)26)18-8-10(7-17)14-20-23-24-21-14/h4-6,8,18H,3H2,1-2H3,(H,22,27)(H,20,21,23,24). The fourth-order valence-corrected chi connectivity index (χ4v) is 2.35. The highest BCUT2D eigenvalue weighted by molar-refractivity contribution is 5.83. The van der Waals surface area contributed by atoms with E-state index >= 15 is 0 Å². The summed E-state index contributed by atoms with van der Waals surface area (Å²) in [5.41, 5.74) is 3.01. The normalized spacial score (nSPS) is 11.1. The molecule has 12 nitrogen and oxygen atoms in total. The molecule has 0 aliphatic carbocycles. The third-order valence-electron chi connectivity index (χ3n) is 3.60. The first-order valence-corrected chi connectivity index (χ1v) is 8.11. The molecule has 3 N–H and O–H groups in total. The van der Waals surface area contributed by atoms with Crippen molar-refractivity contribution >= 4 is 28.3 Å². The molecule has 0 unspecified atom stereocenters. The van der Waals surface area contributed by atoms with Crippen LogP contribution in [-0.2, 0) is 4.74 Å². The smallest absolute Gasteiger partial charge is 0.426 e. The minimum atomic E-state index is -0.759. The number of fused-ring (bicyclic) bond motifs is 1. The zero-order valence-electron chi connectivity index (χ0n) is 14.9. The maximum atomic E-state index is 12.7. The molecule has 1 amide bonds. The monoisotopic (exact) mass is 381 g/mol. The molecule has 0 fully saturated rings. The van der Waals surface area contributed by atoms with Crippen LogP contribution in [0, 0.1) is 18.3 Å². The van der Waals surface area contributed by atoms with Crippen LogP contribution in [0.15, 0.2) is 29.2 Å². The Morgan fingerprint density at radius 3 is 2.96 bits per heavy atom. The number of H-pyrrole nitrogens is 1. The summed E-state index contributed by atoms with van der Waals surface area (Å²) >= 11 is 0. The second kappa shape index (κ2) is 7.96. The van der Waals surface area contributed by atoms with Gasteiger partial charge in [-0.25, -0.2) is 15.2 Å². The molecule has 0 spiro atoms. The topological polar surface area (TPSA) is 164 Å². The predicted octanol–water partition coefficient (Wildman–Crippen LogP) is 0.895. The molecule has 0 bridgehead atoms. The Morgan fingerprint density at radius 1 is 1.46 bits per heavy atom. The summed E-state index contributed by atoms with van der Waals surface area (Å²) in [4.78, 5) is 28.7. The van der Waals surface area contributed by atoms with E-state index in [0.29, 0.717) is 17.0 Å². The molecule has 2 aromatic heterocycles. The van der Waals surface area contributed by atoms with Crippen LogP contribution in [0.1, 0.15) is 18.6 Å². The third-order valence-corrected chi connectivity index (χ3v) is 3.60. The fourth-order valence-electron chi connectivity index (χ4n) is 2.35. The van der Waals surface area contributed by atoms with Gasteiger partial charge in [-0.1, -0.05) is 0 Å². The average molecular weight is 381 g/mol. The lowest BCUT2D eigenvalue weighted by atomic mass is 10.2. The van der Waals surface area contributed by atoms with E-state index < -0.39 is 11.7 Å². The SMILES string of the molecule is CCOC(=O)Nn1c(C)nc2ccc(NC=C(C#N)c3nn[nH]n3)cc2c1=O. The van der Waals surface area contributed by atoms with Crippen molar-refractivity contribution in [2.75, 3.05) is 17.3 Å². The Labute approximate surface area is 157 Å². The van der Waals surface area contributed by atoms with E-state index in [1.807, 2.05) is 6.07 Å². The number of hydrogen-bond acceptors (Lipinski definition) is 9. The van der Waals surface area contributed by atoms with Crippen molar-refractivity contribution < 1.29 is 9.53 Å². The van der Waals surface area contributed by atoms with Crippen molar-refractivity contribution in [2.24, 2.45) is 0 Å². The van der Waals surface area contributed by atoms with Gasteiger partial charge in [-0.05, 0) is 37.3 Å². The number of aryl methyl sites for hydroxylation is 1. The van der Waals surface area contributed by atoms with Crippen molar-refractivity contribution in [3.05, 3.63) is 46.4 Å². The van der Waals surface area contributed by atoms with E-state index in [2.05, 4.69) is 36.4 Å². The van der Waals surface area contributed by atoms with Gasteiger partial charge in [0, 0.05) is 11.9 Å². The second-order valence-corrected chi connectivity index (χ2v) is 5.41. The minimum Gasteiger partial charge on any atom is -0.449 e. The van der Waals surface area contributed by atoms with Gasteiger partial charge in [-0.15, -0.1) is 10.2 Å². The van der Waals surface area contributed by atoms with Gasteiger partial charge in [0.2, 0.25) is 5.82 Å². The number of allylic oxidation sites excluding steroid dienone is 1. The van der Waals surface area contributed by atoms with Gasteiger partial charge in [0.05, 0.1) is 17.5 Å². The van der Waals surface area contributed by atoms with Crippen LogP contribution >= 0.6 is 0 Å². The summed E-state index contributed by atoms with van der Waals surface area (Å²) in [7, 11) is 0. The Hall–Kier alpha value is -4.27. The summed E-state index contributed by atoms with van der Waals surface area (Å²) in [6.07, 6.45) is 0.632. The number of nitrogens with zero attached hydrogens (tertiary/aromatic N) is 6. The number of rotatable bonds is 5. The van der Waals surface area contributed by atoms with Gasteiger partial charge in [-0.3, -0.25) is 4.79 Å². The Morgan fingerprint density at radius 2 is 2.29 bits per heavy atom. The van der Waals surface area contributed by atoms with E-state index in [0.717, 1.165) is 4.68 Å². The number of carbonyl (C=O) groups is 1. The number of amides is 1. The zero-order valence-corrected chi connectivity index (χ0v) is 14.9. The lowest BCUT2D eigenvalue weighted by molar-refractivity contribution is 0.164. The van der Waals surface area contributed by atoms with Crippen LogP contribution in [0.2, 0.25) is 0 Å². The molecule has 142 valence electrons. The van der Waals surface area contributed by atoms with Gasteiger partial charge < -0.3 is 10.1 Å². The van der Waals surface area contributed by atoms with E-state index in [9.17, 15) is 14.9 Å². The van der Waals surface area contributed by atoms with E-state index in [-0.39, 0.29) is 23.4 Å². The van der Waals surface area contributed by atoms with Crippen LogP contribution in [0.4, 0.5) is 10.5 Å². The van der Waals surface area contributed by atoms with Crippen molar-refractivity contribution in [3.63, 3.8) is 0 Å². The van der Waals surface area contributed by atoms with Crippen molar-refractivity contribution in [1.82, 2.24) is 30.3 Å². The number of hydrogen-bond donors (Lipinski definition) is 3. The summed E-state index contributed by atoms with van der Waals surface area (Å²) < 4.78 is 5.81. The summed E-state index contributed by atoms with van der Waals surface area (Å²) in [6, 6.07) is 6.84. The first-order valence-electron chi connectivity index (χ1n) is 8.11. The average Bonchev–Trinajstić information content (AvgIpc) is 3.21. The molecule has 0 aliphatic rings. The quantitative estimate of drug-likeness (QED) is 0.544. The molecule has 0 saturated carbocycles. The van der Waals surface area contributed by atoms with Crippen molar-refractivity contribution in [3.8, 4) is 6.07 Å². The third kappa shape index (κ3) is 3.78. The van der Waals surface area contributed by atoms with Crippen LogP contribution in [0.5, 0.6) is 0 Å². The number of aromatic amines is 1. The highest BCUT2D eigenvalue weighted by Crippen LogP contribution is 2.16. The first kappa shape index (κ1) is 18.5.